The zero-order chi connectivity index (χ0) is 19.3. The van der Waals surface area contributed by atoms with Crippen molar-refractivity contribution in [3.63, 3.8) is 0 Å². The van der Waals surface area contributed by atoms with E-state index in [9.17, 15) is 24.0 Å². The van der Waals surface area contributed by atoms with Gasteiger partial charge in [-0.2, -0.15) is 0 Å². The van der Waals surface area contributed by atoms with Crippen LogP contribution in [-0.2, 0) is 20.8 Å². The van der Waals surface area contributed by atoms with Crippen LogP contribution in [0.4, 0.5) is 4.79 Å². The maximum Gasteiger partial charge on any atom is 0.326 e. The fraction of sp³-hybridized carbons (Fsp3) is 0.312. The molecule has 1 aliphatic heterocycles. The van der Waals surface area contributed by atoms with E-state index in [4.69, 9.17) is 10.2 Å². The van der Waals surface area contributed by atoms with Crippen LogP contribution in [0.2, 0.25) is 0 Å². The van der Waals surface area contributed by atoms with Gasteiger partial charge in [-0.1, -0.05) is 23.9 Å². The average molecular weight is 380 g/mol. The van der Waals surface area contributed by atoms with Crippen molar-refractivity contribution in [1.82, 2.24) is 10.6 Å². The minimum Gasteiger partial charge on any atom is -0.481 e. The summed E-state index contributed by atoms with van der Waals surface area (Å²) in [6.07, 6.45) is -0.388. The highest BCUT2D eigenvalue weighted by Gasteiger charge is 2.31. The number of carbonyl (C=O) groups is 5. The highest BCUT2D eigenvalue weighted by Crippen LogP contribution is 2.23. The predicted octanol–water partition coefficient (Wildman–Crippen LogP) is 0.628. The average Bonchev–Trinajstić information content (AvgIpc) is 2.88. The summed E-state index contributed by atoms with van der Waals surface area (Å²) >= 11 is 0.873. The molecule has 4 N–H and O–H groups in total. The second-order valence-electron chi connectivity index (χ2n) is 5.58. The fourth-order valence-electron chi connectivity index (χ4n) is 2.35. The normalized spacial score (nSPS) is 17.5. The molecule has 3 amide bonds. The molecule has 1 aromatic carbocycles. The minimum atomic E-state index is -1.33. The molecule has 0 bridgehead atoms. The quantitative estimate of drug-likeness (QED) is 0.513. The predicted molar refractivity (Wildman–Crippen MR) is 90.8 cm³/mol. The molecule has 1 saturated heterocycles. The number of amides is 3. The summed E-state index contributed by atoms with van der Waals surface area (Å²) in [5.41, 5.74) is 0.816. The lowest BCUT2D eigenvalue weighted by Crippen LogP contribution is -2.41. The number of carbonyl (C=O) groups excluding carboxylic acids is 3. The number of benzene rings is 1. The van der Waals surface area contributed by atoms with Gasteiger partial charge in [-0.3, -0.25) is 24.5 Å². The number of carboxylic acids is 2. The molecule has 0 saturated carbocycles. The van der Waals surface area contributed by atoms with Gasteiger partial charge in [-0.15, -0.1) is 0 Å². The maximum absolute atomic E-state index is 12.2. The van der Waals surface area contributed by atoms with Crippen LogP contribution in [-0.4, -0.2) is 50.5 Å². The second-order valence-corrected chi connectivity index (χ2v) is 6.76. The Morgan fingerprint density at radius 3 is 2.54 bits per heavy atom. The molecule has 9 nitrogen and oxygen atoms in total. The molecule has 138 valence electrons. The maximum atomic E-state index is 12.2. The van der Waals surface area contributed by atoms with Crippen LogP contribution < -0.4 is 10.6 Å². The summed E-state index contributed by atoms with van der Waals surface area (Å²) in [6.45, 7) is 0. The van der Waals surface area contributed by atoms with Gasteiger partial charge >= 0.3 is 11.9 Å². The largest absolute Gasteiger partial charge is 0.481 e. The number of hydrogen-bond donors (Lipinski definition) is 4. The van der Waals surface area contributed by atoms with Crippen LogP contribution >= 0.6 is 11.8 Å². The van der Waals surface area contributed by atoms with E-state index in [1.54, 1.807) is 12.1 Å². The summed E-state index contributed by atoms with van der Waals surface area (Å²) in [7, 11) is 0. The van der Waals surface area contributed by atoms with Crippen LogP contribution in [0.25, 0.3) is 0 Å². The number of aliphatic carboxylic acids is 2. The Morgan fingerprint density at radius 2 is 1.96 bits per heavy atom. The zero-order valence-corrected chi connectivity index (χ0v) is 14.2. The molecule has 2 rings (SSSR count). The molecule has 0 radical (unpaired) electrons. The number of nitrogens with one attached hydrogen (secondary N) is 2. The third-order valence-electron chi connectivity index (χ3n) is 3.63. The van der Waals surface area contributed by atoms with Crippen molar-refractivity contribution >= 4 is 40.8 Å². The molecule has 2 atom stereocenters. The van der Waals surface area contributed by atoms with E-state index in [-0.39, 0.29) is 24.8 Å². The van der Waals surface area contributed by atoms with Gasteiger partial charge in [0.2, 0.25) is 5.91 Å². The Morgan fingerprint density at radius 1 is 1.23 bits per heavy atom. The summed E-state index contributed by atoms with van der Waals surface area (Å²) < 4.78 is 0. The molecule has 0 aliphatic carbocycles. The van der Waals surface area contributed by atoms with Gasteiger partial charge in [0.1, 0.15) is 6.04 Å². The first-order chi connectivity index (χ1) is 12.3. The Balaban J connectivity index is 2.04. The van der Waals surface area contributed by atoms with E-state index in [0.29, 0.717) is 5.56 Å². The monoisotopic (exact) mass is 380 g/mol. The molecule has 10 heteroatoms. The van der Waals surface area contributed by atoms with Gasteiger partial charge in [0, 0.05) is 12.0 Å². The Bertz CT molecular complexity index is 765. The molecule has 26 heavy (non-hydrogen) atoms. The van der Waals surface area contributed by atoms with Gasteiger partial charge in [0.15, 0.2) is 0 Å². The first kappa shape index (κ1) is 19.4. The van der Waals surface area contributed by atoms with E-state index in [2.05, 4.69) is 10.6 Å². The SMILES string of the molecule is O=C(O)CC[C@@H](NC(=O)c1cccc(CC2SC(=O)NC2=O)c1)C(=O)O. The van der Waals surface area contributed by atoms with Crippen molar-refractivity contribution in [2.75, 3.05) is 0 Å². The van der Waals surface area contributed by atoms with Crippen LogP contribution in [0.5, 0.6) is 0 Å². The number of carboxylic acid groups (broad SMARTS) is 2. The number of hydrogen-bond acceptors (Lipinski definition) is 6. The van der Waals surface area contributed by atoms with E-state index in [0.717, 1.165) is 11.8 Å². The van der Waals surface area contributed by atoms with Crippen LogP contribution in [0.3, 0.4) is 0 Å². The lowest BCUT2D eigenvalue weighted by atomic mass is 10.0. The van der Waals surface area contributed by atoms with E-state index in [1.165, 1.54) is 12.1 Å². The van der Waals surface area contributed by atoms with Crippen molar-refractivity contribution < 1.29 is 34.2 Å². The first-order valence-corrected chi connectivity index (χ1v) is 8.50. The Kier molecular flexibility index (Phi) is 6.34. The van der Waals surface area contributed by atoms with E-state index < -0.39 is 40.3 Å². The van der Waals surface area contributed by atoms with Crippen molar-refractivity contribution in [3.8, 4) is 0 Å². The van der Waals surface area contributed by atoms with Gasteiger partial charge in [-0.25, -0.2) is 4.79 Å². The van der Waals surface area contributed by atoms with Gasteiger partial charge in [-0.05, 0) is 30.5 Å². The third-order valence-corrected chi connectivity index (χ3v) is 4.61. The molecular weight excluding hydrogens is 364 g/mol. The van der Waals surface area contributed by atoms with Crippen LogP contribution in [0, 0.1) is 0 Å². The first-order valence-electron chi connectivity index (χ1n) is 7.62. The van der Waals surface area contributed by atoms with Crippen molar-refractivity contribution in [1.29, 1.82) is 0 Å². The number of imide groups is 1. The lowest BCUT2D eigenvalue weighted by molar-refractivity contribution is -0.140. The van der Waals surface area contributed by atoms with Gasteiger partial charge in [0.05, 0.1) is 5.25 Å². The summed E-state index contributed by atoms with van der Waals surface area (Å²) in [6, 6.07) is 4.92. The number of thioether (sulfide) groups is 1. The Labute approximate surface area is 152 Å². The molecule has 1 heterocycles. The highest BCUT2D eigenvalue weighted by atomic mass is 32.2. The highest BCUT2D eigenvalue weighted by molar-refractivity contribution is 8.15. The fourth-order valence-corrected chi connectivity index (χ4v) is 3.21. The second kappa shape index (κ2) is 8.48. The molecule has 0 aromatic heterocycles. The van der Waals surface area contributed by atoms with Crippen molar-refractivity contribution in [2.24, 2.45) is 0 Å². The topological polar surface area (TPSA) is 150 Å². The molecular formula is C16H16N2O7S. The van der Waals surface area contributed by atoms with Crippen LogP contribution in [0.15, 0.2) is 24.3 Å². The molecule has 1 fully saturated rings. The smallest absolute Gasteiger partial charge is 0.326 e. The Hall–Kier alpha value is -2.88. The van der Waals surface area contributed by atoms with Gasteiger partial charge < -0.3 is 15.5 Å². The molecule has 1 aromatic rings. The number of rotatable bonds is 8. The van der Waals surface area contributed by atoms with E-state index >= 15 is 0 Å². The molecule has 1 unspecified atom stereocenters. The lowest BCUT2D eigenvalue weighted by Gasteiger charge is -2.14. The van der Waals surface area contributed by atoms with Crippen molar-refractivity contribution in [2.45, 2.75) is 30.6 Å². The van der Waals surface area contributed by atoms with E-state index in [1.807, 2.05) is 0 Å². The minimum absolute atomic E-state index is 0.179. The zero-order valence-electron chi connectivity index (χ0n) is 13.4. The third kappa shape index (κ3) is 5.31. The molecule has 0 spiro atoms. The summed E-state index contributed by atoms with van der Waals surface area (Å²) in [4.78, 5) is 56.8. The summed E-state index contributed by atoms with van der Waals surface area (Å²) in [5.74, 6) is -3.54. The molecule has 1 aliphatic rings. The van der Waals surface area contributed by atoms with Crippen LogP contribution in [0.1, 0.15) is 28.8 Å². The van der Waals surface area contributed by atoms with Crippen molar-refractivity contribution in [3.05, 3.63) is 35.4 Å². The summed E-state index contributed by atoms with van der Waals surface area (Å²) in [5, 5.41) is 21.2. The van der Waals surface area contributed by atoms with Gasteiger partial charge in [0.25, 0.3) is 11.1 Å². The standard InChI is InChI=1S/C16H16N2O7S/c19-12(20)5-4-10(15(23)24)17-13(21)9-3-1-2-8(6-9)7-11-14(22)18-16(25)26-11/h1-3,6,10-11H,4-5,7H2,(H,17,21)(H,19,20)(H,23,24)(H,18,22,25)/t10-,11?/m1/s1.